The van der Waals surface area contributed by atoms with E-state index in [9.17, 15) is 13.2 Å². The van der Waals surface area contributed by atoms with Gasteiger partial charge in [-0.2, -0.15) is 0 Å². The van der Waals surface area contributed by atoms with Crippen LogP contribution < -0.4 is 10.5 Å². The zero-order valence-electron chi connectivity index (χ0n) is 11.1. The molecule has 0 atom stereocenters. The van der Waals surface area contributed by atoms with Gasteiger partial charge >= 0.3 is 5.97 Å². The second kappa shape index (κ2) is 5.41. The van der Waals surface area contributed by atoms with Crippen molar-refractivity contribution in [1.82, 2.24) is 4.98 Å². The Bertz CT molecular complexity index is 803. The first-order valence-corrected chi connectivity index (χ1v) is 7.36. The van der Waals surface area contributed by atoms with E-state index in [1.807, 2.05) is 0 Å². The zero-order valence-corrected chi connectivity index (χ0v) is 11.9. The smallest absolute Gasteiger partial charge is 0.337 e. The molecule has 1 heterocycles. The molecule has 0 aliphatic rings. The molecule has 0 amide bonds. The lowest BCUT2D eigenvalue weighted by Gasteiger charge is -2.12. The molecule has 110 valence electrons. The number of nitrogens with zero attached hydrogens (tertiary/aromatic N) is 1. The summed E-state index contributed by atoms with van der Waals surface area (Å²) in [5.41, 5.74) is 6.23. The number of aromatic carboxylic acids is 1. The fraction of sp³-hybridized carbons (Fsp3) is 0.0769. The van der Waals surface area contributed by atoms with Crippen LogP contribution in [0, 0.1) is 6.92 Å². The third-order valence-electron chi connectivity index (χ3n) is 2.81. The van der Waals surface area contributed by atoms with E-state index >= 15 is 0 Å². The number of aryl methyl sites for hydroxylation is 1. The van der Waals surface area contributed by atoms with E-state index in [-0.39, 0.29) is 21.8 Å². The van der Waals surface area contributed by atoms with E-state index in [1.165, 1.54) is 18.5 Å². The van der Waals surface area contributed by atoms with Crippen LogP contribution in [-0.2, 0) is 10.0 Å². The van der Waals surface area contributed by atoms with Gasteiger partial charge in [0.2, 0.25) is 0 Å². The molecule has 0 saturated carbocycles. The quantitative estimate of drug-likeness (QED) is 0.735. The summed E-state index contributed by atoms with van der Waals surface area (Å²) in [6.45, 7) is 1.71. The summed E-state index contributed by atoms with van der Waals surface area (Å²) in [7, 11) is -4.05. The number of hydrogen-bond acceptors (Lipinski definition) is 5. The van der Waals surface area contributed by atoms with E-state index in [1.54, 1.807) is 13.0 Å². The third-order valence-corrected chi connectivity index (χ3v) is 4.23. The summed E-state index contributed by atoms with van der Waals surface area (Å²) in [5, 5.41) is 9.11. The van der Waals surface area contributed by atoms with Crippen LogP contribution in [0.3, 0.4) is 0 Å². The van der Waals surface area contributed by atoms with Gasteiger partial charge < -0.3 is 10.8 Å². The summed E-state index contributed by atoms with van der Waals surface area (Å²) in [4.78, 5) is 14.7. The first-order valence-electron chi connectivity index (χ1n) is 5.87. The van der Waals surface area contributed by atoms with Gasteiger partial charge in [0.15, 0.2) is 0 Å². The summed E-state index contributed by atoms with van der Waals surface area (Å²) >= 11 is 0. The Morgan fingerprint density at radius 2 is 2.05 bits per heavy atom. The van der Waals surface area contributed by atoms with E-state index < -0.39 is 16.0 Å². The molecule has 1 aromatic carbocycles. The minimum Gasteiger partial charge on any atom is -0.478 e. The number of hydrogen-bond donors (Lipinski definition) is 3. The number of pyridine rings is 1. The number of benzene rings is 1. The van der Waals surface area contributed by atoms with Crippen molar-refractivity contribution in [3.8, 4) is 0 Å². The Balaban J connectivity index is 2.50. The summed E-state index contributed by atoms with van der Waals surface area (Å²) in [6.07, 6.45) is 2.88. The van der Waals surface area contributed by atoms with Crippen molar-refractivity contribution >= 4 is 27.4 Å². The number of carboxylic acid groups (broad SMARTS) is 1. The fourth-order valence-electron chi connectivity index (χ4n) is 1.72. The first-order chi connectivity index (χ1) is 9.81. The molecule has 0 unspecified atom stereocenters. The number of anilines is 2. The van der Waals surface area contributed by atoms with Gasteiger partial charge in [0.05, 0.1) is 17.4 Å². The molecule has 4 N–H and O–H groups in total. The number of nitrogen functional groups attached to an aromatic ring is 1. The average Bonchev–Trinajstić information content (AvgIpc) is 2.40. The minimum atomic E-state index is -4.05. The number of nitrogens with one attached hydrogen (secondary N) is 1. The Labute approximate surface area is 121 Å². The molecule has 0 bridgehead atoms. The predicted molar refractivity (Wildman–Crippen MR) is 77.6 cm³/mol. The molecule has 0 saturated heterocycles. The van der Waals surface area contributed by atoms with Gasteiger partial charge in [-0.05, 0) is 36.8 Å². The van der Waals surface area contributed by atoms with Gasteiger partial charge in [0.25, 0.3) is 10.0 Å². The zero-order chi connectivity index (χ0) is 15.6. The Morgan fingerprint density at radius 1 is 1.33 bits per heavy atom. The van der Waals surface area contributed by atoms with Crippen LogP contribution in [0.2, 0.25) is 0 Å². The van der Waals surface area contributed by atoms with Gasteiger partial charge in [-0.1, -0.05) is 0 Å². The fourth-order valence-corrected chi connectivity index (χ4v) is 3.02. The highest BCUT2D eigenvalue weighted by Gasteiger charge is 2.23. The highest BCUT2D eigenvalue weighted by molar-refractivity contribution is 7.92. The molecule has 0 fully saturated rings. The van der Waals surface area contributed by atoms with Crippen molar-refractivity contribution in [2.24, 2.45) is 0 Å². The summed E-state index contributed by atoms with van der Waals surface area (Å²) < 4.78 is 27.0. The number of sulfonamides is 1. The lowest BCUT2D eigenvalue weighted by molar-refractivity contribution is 0.0692. The molecule has 1 aromatic heterocycles. The molecule has 0 radical (unpaired) electrons. The van der Waals surface area contributed by atoms with Crippen molar-refractivity contribution < 1.29 is 18.3 Å². The van der Waals surface area contributed by atoms with Crippen molar-refractivity contribution in [1.29, 1.82) is 0 Å². The van der Waals surface area contributed by atoms with Gasteiger partial charge in [-0.3, -0.25) is 9.71 Å². The Hall–Kier alpha value is -2.61. The molecule has 21 heavy (non-hydrogen) atoms. The highest BCUT2D eigenvalue weighted by atomic mass is 32.2. The largest absolute Gasteiger partial charge is 0.478 e. The lowest BCUT2D eigenvalue weighted by atomic mass is 10.2. The second-order valence-corrected chi connectivity index (χ2v) is 6.01. The number of carboxylic acids is 1. The van der Waals surface area contributed by atoms with Crippen molar-refractivity contribution in [2.45, 2.75) is 11.8 Å². The normalized spacial score (nSPS) is 11.1. The molecular weight excluding hydrogens is 294 g/mol. The number of aromatic nitrogens is 1. The lowest BCUT2D eigenvalue weighted by Crippen LogP contribution is -2.17. The maximum Gasteiger partial charge on any atom is 0.337 e. The van der Waals surface area contributed by atoms with Crippen molar-refractivity contribution in [2.75, 3.05) is 10.5 Å². The van der Waals surface area contributed by atoms with Crippen LogP contribution in [0.4, 0.5) is 11.4 Å². The molecule has 0 spiro atoms. The van der Waals surface area contributed by atoms with Crippen LogP contribution in [0.5, 0.6) is 0 Å². The van der Waals surface area contributed by atoms with Gasteiger partial charge in [0, 0.05) is 11.9 Å². The molecule has 0 aliphatic heterocycles. The van der Waals surface area contributed by atoms with E-state index in [0.717, 1.165) is 12.1 Å². The van der Waals surface area contributed by atoms with E-state index in [0.29, 0.717) is 5.56 Å². The van der Waals surface area contributed by atoms with Crippen LogP contribution in [0.25, 0.3) is 0 Å². The maximum absolute atomic E-state index is 12.3. The standard InChI is InChI=1S/C13H13N3O4S/c1-8-4-5-15-7-11(8)16-21(19,20)12-3-2-9(14)6-10(12)13(17)18/h2-7,16H,14H2,1H3,(H,17,18). The highest BCUT2D eigenvalue weighted by Crippen LogP contribution is 2.23. The molecule has 8 heteroatoms. The van der Waals surface area contributed by atoms with Crippen LogP contribution in [0.1, 0.15) is 15.9 Å². The molecule has 2 rings (SSSR count). The summed E-state index contributed by atoms with van der Waals surface area (Å²) in [5.74, 6) is -1.37. The minimum absolute atomic E-state index is 0.170. The van der Waals surface area contributed by atoms with Crippen molar-refractivity contribution in [3.05, 3.63) is 47.8 Å². The van der Waals surface area contributed by atoms with Gasteiger partial charge in [0.1, 0.15) is 4.90 Å². The number of rotatable bonds is 4. The van der Waals surface area contributed by atoms with Crippen LogP contribution in [-0.4, -0.2) is 24.5 Å². The predicted octanol–water partition coefficient (Wildman–Crippen LogP) is 1.47. The second-order valence-electron chi connectivity index (χ2n) is 4.36. The monoisotopic (exact) mass is 307 g/mol. The van der Waals surface area contributed by atoms with Gasteiger partial charge in [-0.25, -0.2) is 13.2 Å². The first kappa shape index (κ1) is 14.8. The molecule has 7 nitrogen and oxygen atoms in total. The Kier molecular flexibility index (Phi) is 3.81. The van der Waals surface area contributed by atoms with Gasteiger partial charge in [-0.15, -0.1) is 0 Å². The van der Waals surface area contributed by atoms with Crippen molar-refractivity contribution in [3.63, 3.8) is 0 Å². The van der Waals surface area contributed by atoms with Crippen LogP contribution >= 0.6 is 0 Å². The average molecular weight is 307 g/mol. The molecule has 2 aromatic rings. The number of nitrogens with two attached hydrogens (primary N) is 1. The number of carbonyl (C=O) groups is 1. The third kappa shape index (κ3) is 3.11. The summed E-state index contributed by atoms with van der Waals surface area (Å²) in [6, 6.07) is 5.23. The Morgan fingerprint density at radius 3 is 2.67 bits per heavy atom. The maximum atomic E-state index is 12.3. The molecule has 0 aliphatic carbocycles. The molecular formula is C13H13N3O4S. The van der Waals surface area contributed by atoms with E-state index in [2.05, 4.69) is 9.71 Å². The van der Waals surface area contributed by atoms with E-state index in [4.69, 9.17) is 10.8 Å². The van der Waals surface area contributed by atoms with Crippen LogP contribution in [0.15, 0.2) is 41.6 Å². The SMILES string of the molecule is Cc1ccncc1NS(=O)(=O)c1ccc(N)cc1C(=O)O. The topological polar surface area (TPSA) is 122 Å².